The number of guanidine groups is 1. The minimum atomic E-state index is -0.0411. The SMILES string of the molecule is CN=C(NCc1cccc(C(=O)NCCN(C)C)c1)N1CCC(OCCCOC)CC1. The molecule has 0 atom stereocenters. The zero-order chi connectivity index (χ0) is 22.5. The van der Waals surface area contributed by atoms with Crippen molar-refractivity contribution in [1.82, 2.24) is 20.4 Å². The molecule has 8 heteroatoms. The summed E-state index contributed by atoms with van der Waals surface area (Å²) in [6.07, 6.45) is 3.24. The molecule has 0 radical (unpaired) electrons. The number of likely N-dealkylation sites (N-methyl/N-ethyl adjacent to an activating group) is 1. The molecule has 1 amide bonds. The summed E-state index contributed by atoms with van der Waals surface area (Å²) in [6, 6.07) is 7.73. The lowest BCUT2D eigenvalue weighted by molar-refractivity contribution is 0.00989. The van der Waals surface area contributed by atoms with Crippen molar-refractivity contribution in [3.8, 4) is 0 Å². The Labute approximate surface area is 187 Å². The number of aliphatic imine (C=N–C) groups is 1. The molecule has 2 N–H and O–H groups in total. The van der Waals surface area contributed by atoms with Crippen molar-refractivity contribution in [1.29, 1.82) is 0 Å². The van der Waals surface area contributed by atoms with Crippen LogP contribution in [-0.2, 0) is 16.0 Å². The maximum Gasteiger partial charge on any atom is 0.251 e. The van der Waals surface area contributed by atoms with Gasteiger partial charge in [0, 0.05) is 65.7 Å². The van der Waals surface area contributed by atoms with Crippen LogP contribution in [0.2, 0.25) is 0 Å². The quantitative estimate of drug-likeness (QED) is 0.313. The van der Waals surface area contributed by atoms with E-state index < -0.39 is 0 Å². The first-order valence-corrected chi connectivity index (χ1v) is 11.1. The number of nitrogens with one attached hydrogen (secondary N) is 2. The Morgan fingerprint density at radius 3 is 2.68 bits per heavy atom. The third-order valence-corrected chi connectivity index (χ3v) is 5.28. The fraction of sp³-hybridized carbons (Fsp3) is 0.652. The van der Waals surface area contributed by atoms with Crippen molar-refractivity contribution in [3.63, 3.8) is 0 Å². The van der Waals surface area contributed by atoms with Crippen LogP contribution in [0.1, 0.15) is 35.2 Å². The fourth-order valence-electron chi connectivity index (χ4n) is 3.52. The number of nitrogens with zero attached hydrogens (tertiary/aromatic N) is 3. The summed E-state index contributed by atoms with van der Waals surface area (Å²) in [5.74, 6) is 0.847. The third kappa shape index (κ3) is 9.25. The monoisotopic (exact) mass is 433 g/mol. The summed E-state index contributed by atoms with van der Waals surface area (Å²) in [5, 5.41) is 6.39. The van der Waals surface area contributed by atoms with E-state index in [-0.39, 0.29) is 5.91 Å². The molecule has 1 heterocycles. The molecule has 0 aliphatic carbocycles. The smallest absolute Gasteiger partial charge is 0.251 e. The molecular weight excluding hydrogens is 394 g/mol. The van der Waals surface area contributed by atoms with Gasteiger partial charge < -0.3 is 29.9 Å². The predicted molar refractivity (Wildman–Crippen MR) is 125 cm³/mol. The van der Waals surface area contributed by atoms with Crippen LogP contribution in [0.15, 0.2) is 29.3 Å². The maximum absolute atomic E-state index is 12.4. The molecule has 0 aromatic heterocycles. The van der Waals surface area contributed by atoms with E-state index in [2.05, 4.69) is 20.5 Å². The lowest BCUT2D eigenvalue weighted by atomic mass is 10.1. The maximum atomic E-state index is 12.4. The molecule has 0 spiro atoms. The third-order valence-electron chi connectivity index (χ3n) is 5.28. The molecule has 1 aromatic carbocycles. The molecule has 174 valence electrons. The van der Waals surface area contributed by atoms with E-state index >= 15 is 0 Å². The van der Waals surface area contributed by atoms with Crippen LogP contribution in [0, 0.1) is 0 Å². The zero-order valence-corrected chi connectivity index (χ0v) is 19.5. The van der Waals surface area contributed by atoms with E-state index in [9.17, 15) is 4.79 Å². The Balaban J connectivity index is 1.78. The summed E-state index contributed by atoms with van der Waals surface area (Å²) in [5.41, 5.74) is 1.73. The predicted octanol–water partition coefficient (Wildman–Crippen LogP) is 1.57. The number of amides is 1. The number of ether oxygens (including phenoxy) is 2. The highest BCUT2D eigenvalue weighted by Gasteiger charge is 2.21. The number of benzene rings is 1. The first kappa shape index (κ1) is 25.1. The largest absolute Gasteiger partial charge is 0.385 e. The number of methoxy groups -OCH3 is 1. The van der Waals surface area contributed by atoms with Crippen LogP contribution in [0.4, 0.5) is 0 Å². The molecule has 8 nitrogen and oxygen atoms in total. The van der Waals surface area contributed by atoms with E-state index in [4.69, 9.17) is 9.47 Å². The fourth-order valence-corrected chi connectivity index (χ4v) is 3.52. The normalized spacial score (nSPS) is 15.4. The molecule has 31 heavy (non-hydrogen) atoms. The number of hydrogen-bond acceptors (Lipinski definition) is 5. The Morgan fingerprint density at radius 1 is 1.23 bits per heavy atom. The van der Waals surface area contributed by atoms with Gasteiger partial charge in [0.05, 0.1) is 6.10 Å². The lowest BCUT2D eigenvalue weighted by Gasteiger charge is -2.34. The van der Waals surface area contributed by atoms with Crippen molar-refractivity contribution in [2.24, 2.45) is 4.99 Å². The highest BCUT2D eigenvalue weighted by Crippen LogP contribution is 2.14. The average molecular weight is 434 g/mol. The summed E-state index contributed by atoms with van der Waals surface area (Å²) in [7, 11) is 7.51. The summed E-state index contributed by atoms with van der Waals surface area (Å²) < 4.78 is 11.0. The molecule has 2 rings (SSSR count). The van der Waals surface area contributed by atoms with Gasteiger partial charge in [0.2, 0.25) is 0 Å². The van der Waals surface area contributed by atoms with Crippen LogP contribution in [0.5, 0.6) is 0 Å². The van der Waals surface area contributed by atoms with Crippen LogP contribution < -0.4 is 10.6 Å². The molecule has 0 unspecified atom stereocenters. The van der Waals surface area contributed by atoms with Crippen molar-refractivity contribution >= 4 is 11.9 Å². The Bertz CT molecular complexity index is 688. The van der Waals surface area contributed by atoms with Crippen molar-refractivity contribution < 1.29 is 14.3 Å². The summed E-state index contributed by atoms with van der Waals surface area (Å²) >= 11 is 0. The number of rotatable bonds is 11. The number of carbonyl (C=O) groups excluding carboxylic acids is 1. The summed E-state index contributed by atoms with van der Waals surface area (Å²) in [4.78, 5) is 21.1. The Morgan fingerprint density at radius 2 is 2.00 bits per heavy atom. The lowest BCUT2D eigenvalue weighted by Crippen LogP contribution is -2.46. The number of likely N-dealkylation sites (tertiary alicyclic amines) is 1. The molecule has 0 saturated carbocycles. The van der Waals surface area contributed by atoms with Gasteiger partial charge in [0.1, 0.15) is 0 Å². The average Bonchev–Trinajstić information content (AvgIpc) is 2.78. The van der Waals surface area contributed by atoms with Crippen LogP contribution >= 0.6 is 0 Å². The second-order valence-electron chi connectivity index (χ2n) is 8.06. The Hall–Kier alpha value is -2.16. The molecule has 1 fully saturated rings. The van der Waals surface area contributed by atoms with Crippen LogP contribution in [0.3, 0.4) is 0 Å². The van der Waals surface area contributed by atoms with Crippen molar-refractivity contribution in [2.75, 3.05) is 67.6 Å². The van der Waals surface area contributed by atoms with E-state index in [1.165, 1.54) is 0 Å². The van der Waals surface area contributed by atoms with Crippen LogP contribution in [-0.4, -0.2) is 95.4 Å². The number of hydrogen-bond donors (Lipinski definition) is 2. The number of piperidine rings is 1. The van der Waals surface area contributed by atoms with Gasteiger partial charge in [0.25, 0.3) is 5.91 Å². The Kier molecular flexibility index (Phi) is 11.3. The standard InChI is InChI=1S/C23H39N5O3/c1-24-23(28-12-9-21(10-13-28)31-16-6-15-30-4)26-18-19-7-5-8-20(17-19)22(29)25-11-14-27(2)3/h5,7-8,17,21H,6,9-16,18H2,1-4H3,(H,24,26)(H,25,29). The zero-order valence-electron chi connectivity index (χ0n) is 19.5. The molecule has 1 aliphatic heterocycles. The molecule has 1 aliphatic rings. The van der Waals surface area contributed by atoms with Gasteiger partial charge in [-0.15, -0.1) is 0 Å². The van der Waals surface area contributed by atoms with E-state index in [1.807, 2.05) is 50.3 Å². The second kappa shape index (κ2) is 14.0. The first-order valence-electron chi connectivity index (χ1n) is 11.1. The van der Waals surface area contributed by atoms with E-state index in [0.717, 1.165) is 63.6 Å². The van der Waals surface area contributed by atoms with Crippen molar-refractivity contribution in [3.05, 3.63) is 35.4 Å². The van der Waals surface area contributed by atoms with Crippen LogP contribution in [0.25, 0.3) is 0 Å². The van der Waals surface area contributed by atoms with Crippen molar-refractivity contribution in [2.45, 2.75) is 31.9 Å². The highest BCUT2D eigenvalue weighted by molar-refractivity contribution is 5.94. The van der Waals surface area contributed by atoms with E-state index in [0.29, 0.717) is 24.8 Å². The van der Waals surface area contributed by atoms with Gasteiger partial charge >= 0.3 is 0 Å². The van der Waals surface area contributed by atoms with E-state index in [1.54, 1.807) is 7.11 Å². The van der Waals surface area contributed by atoms with Gasteiger partial charge in [-0.25, -0.2) is 0 Å². The minimum Gasteiger partial charge on any atom is -0.385 e. The van der Waals surface area contributed by atoms with Gasteiger partial charge in [0.15, 0.2) is 5.96 Å². The van der Waals surface area contributed by atoms with Gasteiger partial charge in [-0.1, -0.05) is 12.1 Å². The molecule has 1 aromatic rings. The van der Waals surface area contributed by atoms with Gasteiger partial charge in [-0.2, -0.15) is 0 Å². The van der Waals surface area contributed by atoms with Gasteiger partial charge in [-0.05, 0) is 51.1 Å². The summed E-state index contributed by atoms with van der Waals surface area (Å²) in [6.45, 7) is 5.41. The first-order chi connectivity index (χ1) is 15.0. The highest BCUT2D eigenvalue weighted by atomic mass is 16.5. The molecular formula is C23H39N5O3. The molecule has 0 bridgehead atoms. The molecule has 1 saturated heterocycles. The topological polar surface area (TPSA) is 78.4 Å². The van der Waals surface area contributed by atoms with Gasteiger partial charge in [-0.3, -0.25) is 9.79 Å². The minimum absolute atomic E-state index is 0.0411. The second-order valence-corrected chi connectivity index (χ2v) is 8.06. The number of carbonyl (C=O) groups is 1.